The van der Waals surface area contributed by atoms with Crippen molar-refractivity contribution < 1.29 is 31.4 Å². The summed E-state index contributed by atoms with van der Waals surface area (Å²) in [6, 6.07) is 4.68. The van der Waals surface area contributed by atoms with Crippen molar-refractivity contribution in [1.29, 1.82) is 0 Å². The highest BCUT2D eigenvalue weighted by molar-refractivity contribution is 8.14. The second-order valence-corrected chi connectivity index (χ2v) is 10.1. The van der Waals surface area contributed by atoms with Crippen LogP contribution in [-0.2, 0) is 12.7 Å². The van der Waals surface area contributed by atoms with E-state index in [0.29, 0.717) is 11.6 Å². The summed E-state index contributed by atoms with van der Waals surface area (Å²) >= 11 is 6.71. The molecule has 40 heavy (non-hydrogen) atoms. The number of thioether (sulfide) groups is 1. The molecule has 1 aliphatic heterocycles. The molecule has 0 saturated carbocycles. The molecule has 0 aliphatic carbocycles. The van der Waals surface area contributed by atoms with Crippen molar-refractivity contribution in [3.05, 3.63) is 70.8 Å². The summed E-state index contributed by atoms with van der Waals surface area (Å²) < 4.78 is 81.1. The average Bonchev–Trinajstić information content (AvgIpc) is 3.54. The second kappa shape index (κ2) is 10.2. The van der Waals surface area contributed by atoms with Crippen LogP contribution in [0.4, 0.5) is 26.3 Å². The first-order chi connectivity index (χ1) is 18.8. The van der Waals surface area contributed by atoms with Gasteiger partial charge in [0.15, 0.2) is 11.6 Å². The lowest BCUT2D eigenvalue weighted by Crippen LogP contribution is -2.43. The fourth-order valence-corrected chi connectivity index (χ4v) is 5.22. The maximum atomic E-state index is 13.5. The number of pyridine rings is 1. The molecule has 2 N–H and O–H groups in total. The summed E-state index contributed by atoms with van der Waals surface area (Å²) in [4.78, 5) is 19.9. The van der Waals surface area contributed by atoms with Crippen LogP contribution in [0.15, 0.2) is 48.1 Å². The molecule has 5 rings (SSSR count). The molecule has 1 aliphatic rings. The smallest absolute Gasteiger partial charge is 0.361 e. The van der Waals surface area contributed by atoms with Crippen LogP contribution in [0.5, 0.6) is 0 Å². The van der Waals surface area contributed by atoms with Crippen LogP contribution in [0.25, 0.3) is 16.7 Å². The number of aliphatic imine (C=N–C) groups is 1. The van der Waals surface area contributed by atoms with Gasteiger partial charge >= 0.3 is 12.4 Å². The quantitative estimate of drug-likeness (QED) is 0.301. The first-order valence-corrected chi connectivity index (χ1v) is 12.8. The van der Waals surface area contributed by atoms with Crippen LogP contribution < -0.4 is 5.32 Å². The molecule has 0 amide bonds. The normalized spacial score (nSPS) is 18.8. The monoisotopic (exact) mass is 602 g/mol. The number of aromatic nitrogens is 6. The summed E-state index contributed by atoms with van der Waals surface area (Å²) in [5, 5.41) is 17.1. The number of aliphatic hydroxyl groups is 1. The molecular weight excluding hydrogens is 586 g/mol. The van der Waals surface area contributed by atoms with E-state index in [1.165, 1.54) is 35.4 Å². The van der Waals surface area contributed by atoms with Gasteiger partial charge in [0.25, 0.3) is 5.72 Å². The van der Waals surface area contributed by atoms with E-state index in [1.54, 1.807) is 6.92 Å². The van der Waals surface area contributed by atoms with Gasteiger partial charge in [0.2, 0.25) is 0 Å². The number of hydrogen-bond donors (Lipinski definition) is 2. The number of nitrogens with one attached hydrogen (secondary N) is 1. The average molecular weight is 603 g/mol. The van der Waals surface area contributed by atoms with Gasteiger partial charge in [-0.2, -0.15) is 36.1 Å². The Kier molecular flexibility index (Phi) is 7.22. The van der Waals surface area contributed by atoms with Gasteiger partial charge < -0.3 is 10.4 Å². The number of halogens is 7. The molecule has 0 bridgehead atoms. The van der Waals surface area contributed by atoms with Crippen LogP contribution in [0.3, 0.4) is 0 Å². The third-order valence-corrected chi connectivity index (χ3v) is 7.36. The zero-order chi connectivity index (χ0) is 28.9. The van der Waals surface area contributed by atoms with Gasteiger partial charge in [-0.15, -0.1) is 11.8 Å². The van der Waals surface area contributed by atoms with Crippen molar-refractivity contribution in [2.45, 2.75) is 37.6 Å². The molecular formula is C23H17ClF6N8OS. The number of rotatable bonds is 6. The lowest BCUT2D eigenvalue weighted by atomic mass is 10.1. The highest BCUT2D eigenvalue weighted by Gasteiger charge is 2.56. The Hall–Kier alpha value is -3.34. The molecule has 17 heteroatoms. The molecule has 0 fully saturated rings. The molecule has 3 aromatic heterocycles. The Labute approximate surface area is 230 Å². The lowest BCUT2D eigenvalue weighted by molar-refractivity contribution is -0.245. The molecule has 4 aromatic rings. The number of fused-ring (bicyclic) bond motifs is 1. The molecule has 0 radical (unpaired) electrons. The van der Waals surface area contributed by atoms with E-state index >= 15 is 0 Å². The largest absolute Gasteiger partial charge is 0.439 e. The van der Waals surface area contributed by atoms with Crippen molar-refractivity contribution in [2.75, 3.05) is 5.75 Å². The predicted molar refractivity (Wildman–Crippen MR) is 134 cm³/mol. The molecule has 2 atom stereocenters. The van der Waals surface area contributed by atoms with E-state index in [2.05, 4.69) is 35.3 Å². The van der Waals surface area contributed by atoms with E-state index in [0.717, 1.165) is 24.2 Å². The molecule has 1 aromatic carbocycles. The minimum Gasteiger partial charge on any atom is -0.361 e. The summed E-state index contributed by atoms with van der Waals surface area (Å²) in [6.45, 7) is 1.78. The van der Waals surface area contributed by atoms with Gasteiger partial charge in [-0.1, -0.05) is 11.6 Å². The van der Waals surface area contributed by atoms with Gasteiger partial charge in [-0.25, -0.2) is 24.9 Å². The minimum absolute atomic E-state index is 0.00131. The summed E-state index contributed by atoms with van der Waals surface area (Å²) in [7, 11) is 0. The number of hydrogen-bond acceptors (Lipinski definition) is 9. The van der Waals surface area contributed by atoms with Gasteiger partial charge in [-0.05, 0) is 31.2 Å². The number of benzene rings is 1. The van der Waals surface area contributed by atoms with Crippen molar-refractivity contribution in [3.63, 3.8) is 0 Å². The zero-order valence-corrected chi connectivity index (χ0v) is 21.7. The third-order valence-electron chi connectivity index (χ3n) is 5.99. The van der Waals surface area contributed by atoms with Gasteiger partial charge in [-0.3, -0.25) is 0 Å². The summed E-state index contributed by atoms with van der Waals surface area (Å²) in [5.74, 6) is 0.0373. The Balaban J connectivity index is 1.35. The SMILES string of the molecule is C[C@H](NCc1ncnc2c(C(F)(F)F)cc(Cl)cc12)c1ncnn1-c1ccc(C2=NC(O)(C(F)(F)F)CS2)cn1. The van der Waals surface area contributed by atoms with E-state index in [9.17, 15) is 31.4 Å². The molecule has 9 nitrogen and oxygen atoms in total. The van der Waals surface area contributed by atoms with Gasteiger partial charge in [0.1, 0.15) is 17.7 Å². The third kappa shape index (κ3) is 5.35. The second-order valence-electron chi connectivity index (χ2n) is 8.73. The molecule has 4 heterocycles. The first-order valence-electron chi connectivity index (χ1n) is 11.4. The minimum atomic E-state index is -4.90. The van der Waals surface area contributed by atoms with Crippen molar-refractivity contribution >= 4 is 39.3 Å². The Morgan fingerprint density at radius 1 is 1.10 bits per heavy atom. The van der Waals surface area contributed by atoms with E-state index in [-0.39, 0.29) is 38.8 Å². The topological polar surface area (TPSA) is 114 Å². The maximum Gasteiger partial charge on any atom is 0.439 e. The Morgan fingerprint density at radius 3 is 2.52 bits per heavy atom. The Bertz CT molecular complexity index is 1590. The fourth-order valence-electron chi connectivity index (χ4n) is 3.94. The van der Waals surface area contributed by atoms with E-state index in [1.807, 2.05) is 0 Å². The number of nitrogens with zero attached hydrogens (tertiary/aromatic N) is 7. The fraction of sp³-hybridized carbons (Fsp3) is 0.304. The van der Waals surface area contributed by atoms with Crippen molar-refractivity contribution in [2.24, 2.45) is 4.99 Å². The lowest BCUT2D eigenvalue weighted by Gasteiger charge is -2.21. The summed E-state index contributed by atoms with van der Waals surface area (Å²) in [6.07, 6.45) is -5.93. The van der Waals surface area contributed by atoms with Crippen LogP contribution in [0.2, 0.25) is 5.02 Å². The van der Waals surface area contributed by atoms with Crippen LogP contribution in [0, 0.1) is 0 Å². The van der Waals surface area contributed by atoms with Gasteiger partial charge in [0.05, 0.1) is 28.6 Å². The first kappa shape index (κ1) is 28.2. The zero-order valence-electron chi connectivity index (χ0n) is 20.2. The number of alkyl halides is 6. The molecule has 1 unspecified atom stereocenters. The molecule has 210 valence electrons. The van der Waals surface area contributed by atoms with Crippen molar-refractivity contribution in [1.82, 2.24) is 35.0 Å². The maximum absolute atomic E-state index is 13.5. The molecule has 0 saturated heterocycles. The van der Waals surface area contributed by atoms with Gasteiger partial charge in [0, 0.05) is 28.7 Å². The van der Waals surface area contributed by atoms with E-state index in [4.69, 9.17) is 11.6 Å². The van der Waals surface area contributed by atoms with Crippen LogP contribution in [0.1, 0.15) is 35.6 Å². The van der Waals surface area contributed by atoms with E-state index < -0.39 is 35.4 Å². The van der Waals surface area contributed by atoms with Crippen LogP contribution >= 0.6 is 23.4 Å². The Morgan fingerprint density at radius 2 is 1.88 bits per heavy atom. The standard InChI is InChI=1S/C23H17ClF6N8OS/c1-11(31-7-16-14-4-13(24)5-15(22(25,26)27)18(14)34-9-33-16)19-35-10-36-38(19)17-3-2-12(6-32-17)20-37-21(39,8-40-20)23(28,29)30/h2-6,9-11,31,39H,7-8H2,1H3/t11-,21?/m0/s1. The predicted octanol–water partition coefficient (Wildman–Crippen LogP) is 4.87. The van der Waals surface area contributed by atoms with Crippen molar-refractivity contribution in [3.8, 4) is 5.82 Å². The molecule has 0 spiro atoms. The highest BCUT2D eigenvalue weighted by Crippen LogP contribution is 2.41. The van der Waals surface area contributed by atoms with Crippen LogP contribution in [-0.4, -0.2) is 57.5 Å². The summed E-state index contributed by atoms with van der Waals surface area (Å²) in [5.41, 5.74) is -3.82. The highest BCUT2D eigenvalue weighted by atomic mass is 35.5.